The lowest BCUT2D eigenvalue weighted by Gasteiger charge is -2.14. The van der Waals surface area contributed by atoms with E-state index in [0.717, 1.165) is 6.26 Å². The van der Waals surface area contributed by atoms with Crippen molar-refractivity contribution in [1.82, 2.24) is 0 Å². The first-order chi connectivity index (χ1) is 6.66. The summed E-state index contributed by atoms with van der Waals surface area (Å²) in [6.07, 6.45) is -5.15. The minimum absolute atomic E-state index is 0.0490. The fourth-order valence-corrected chi connectivity index (χ4v) is 2.20. The monoisotopic (exact) mass is 248 g/mol. The van der Waals surface area contributed by atoms with Crippen molar-refractivity contribution in [3.8, 4) is 0 Å². The SMILES string of the molecule is CS(=O)(=O)O[C@H]1CC[C@H](OC(F)(F)F)C1. The van der Waals surface area contributed by atoms with Gasteiger partial charge in [0.2, 0.25) is 0 Å². The van der Waals surface area contributed by atoms with E-state index < -0.39 is 28.7 Å². The summed E-state index contributed by atoms with van der Waals surface area (Å²) in [4.78, 5) is 0. The van der Waals surface area contributed by atoms with Crippen LogP contribution in [0.2, 0.25) is 0 Å². The van der Waals surface area contributed by atoms with Gasteiger partial charge >= 0.3 is 6.36 Å². The van der Waals surface area contributed by atoms with Crippen molar-refractivity contribution < 1.29 is 30.5 Å². The van der Waals surface area contributed by atoms with E-state index in [9.17, 15) is 21.6 Å². The Balaban J connectivity index is 2.40. The zero-order valence-corrected chi connectivity index (χ0v) is 8.77. The molecule has 0 unspecified atom stereocenters. The van der Waals surface area contributed by atoms with Crippen LogP contribution < -0.4 is 0 Å². The molecule has 0 spiro atoms. The average Bonchev–Trinajstić information content (AvgIpc) is 2.28. The van der Waals surface area contributed by atoms with Gasteiger partial charge in [0.05, 0.1) is 18.5 Å². The Morgan fingerprint density at radius 2 is 1.73 bits per heavy atom. The van der Waals surface area contributed by atoms with Crippen LogP contribution in [0.25, 0.3) is 0 Å². The summed E-state index contributed by atoms with van der Waals surface area (Å²) in [5, 5.41) is 0. The fourth-order valence-electron chi connectivity index (χ4n) is 1.53. The molecule has 8 heteroatoms. The third kappa shape index (κ3) is 5.33. The van der Waals surface area contributed by atoms with Gasteiger partial charge in [-0.3, -0.25) is 8.92 Å². The summed E-state index contributed by atoms with van der Waals surface area (Å²) in [5.41, 5.74) is 0. The van der Waals surface area contributed by atoms with Gasteiger partial charge in [0.1, 0.15) is 0 Å². The summed E-state index contributed by atoms with van der Waals surface area (Å²) < 4.78 is 65.1. The van der Waals surface area contributed by atoms with Gasteiger partial charge in [-0.2, -0.15) is 8.42 Å². The molecule has 0 heterocycles. The summed E-state index contributed by atoms with van der Waals surface area (Å²) in [7, 11) is -3.61. The van der Waals surface area contributed by atoms with E-state index in [-0.39, 0.29) is 19.3 Å². The van der Waals surface area contributed by atoms with Crippen molar-refractivity contribution in [1.29, 1.82) is 0 Å². The van der Waals surface area contributed by atoms with Gasteiger partial charge in [0.15, 0.2) is 0 Å². The summed E-state index contributed by atoms with van der Waals surface area (Å²) >= 11 is 0. The molecule has 0 aliphatic heterocycles. The molecule has 90 valence electrons. The van der Waals surface area contributed by atoms with Crippen LogP contribution in [0.1, 0.15) is 19.3 Å². The predicted molar refractivity (Wildman–Crippen MR) is 44.5 cm³/mol. The molecule has 4 nitrogen and oxygen atoms in total. The molecule has 1 rings (SSSR count). The molecule has 0 aromatic heterocycles. The molecule has 0 N–H and O–H groups in total. The molecule has 1 fully saturated rings. The van der Waals surface area contributed by atoms with Crippen molar-refractivity contribution in [3.63, 3.8) is 0 Å². The maximum absolute atomic E-state index is 11.8. The second kappa shape index (κ2) is 4.26. The van der Waals surface area contributed by atoms with Crippen LogP contribution in [0, 0.1) is 0 Å². The van der Waals surface area contributed by atoms with Crippen molar-refractivity contribution in [2.45, 2.75) is 37.8 Å². The quantitative estimate of drug-likeness (QED) is 0.709. The summed E-state index contributed by atoms with van der Waals surface area (Å²) in [6.45, 7) is 0. The lowest BCUT2D eigenvalue weighted by molar-refractivity contribution is -0.341. The molecule has 0 aromatic carbocycles. The largest absolute Gasteiger partial charge is 0.522 e. The summed E-state index contributed by atoms with van der Waals surface area (Å²) in [5.74, 6) is 0. The van der Waals surface area contributed by atoms with E-state index in [1.54, 1.807) is 0 Å². The number of hydrogen-bond donors (Lipinski definition) is 0. The number of rotatable bonds is 3. The highest BCUT2D eigenvalue weighted by molar-refractivity contribution is 7.86. The lowest BCUT2D eigenvalue weighted by Crippen LogP contribution is -2.23. The second-order valence-corrected chi connectivity index (χ2v) is 5.02. The standard InChI is InChI=1S/C7H11F3O4S/c1-15(11,12)14-6-3-2-5(4-6)13-7(8,9)10/h5-6H,2-4H2,1H3/t5-,6-/m0/s1. The van der Waals surface area contributed by atoms with Gasteiger partial charge in [-0.25, -0.2) is 0 Å². The molecule has 15 heavy (non-hydrogen) atoms. The second-order valence-electron chi connectivity index (χ2n) is 3.42. The maximum atomic E-state index is 11.8. The molecule has 0 bridgehead atoms. The van der Waals surface area contributed by atoms with E-state index >= 15 is 0 Å². The number of hydrogen-bond acceptors (Lipinski definition) is 4. The van der Waals surface area contributed by atoms with Crippen LogP contribution in [0.3, 0.4) is 0 Å². The predicted octanol–water partition coefficient (Wildman–Crippen LogP) is 1.42. The van der Waals surface area contributed by atoms with Crippen molar-refractivity contribution in [3.05, 3.63) is 0 Å². The first-order valence-corrected chi connectivity index (χ1v) is 6.10. The highest BCUT2D eigenvalue weighted by Crippen LogP contribution is 2.30. The van der Waals surface area contributed by atoms with E-state index in [1.807, 2.05) is 0 Å². The topological polar surface area (TPSA) is 52.6 Å². The van der Waals surface area contributed by atoms with Gasteiger partial charge in [-0.15, -0.1) is 13.2 Å². The maximum Gasteiger partial charge on any atom is 0.522 e. The van der Waals surface area contributed by atoms with Gasteiger partial charge in [0.25, 0.3) is 10.1 Å². The Labute approximate surface area is 85.5 Å². The van der Waals surface area contributed by atoms with Crippen LogP contribution in [0.4, 0.5) is 13.2 Å². The molecule has 0 radical (unpaired) electrons. The highest BCUT2D eigenvalue weighted by Gasteiger charge is 2.38. The number of alkyl halides is 3. The Morgan fingerprint density at radius 3 is 2.20 bits per heavy atom. The molecule has 0 saturated heterocycles. The van der Waals surface area contributed by atoms with Crippen LogP contribution in [-0.2, 0) is 19.0 Å². The van der Waals surface area contributed by atoms with E-state index in [4.69, 9.17) is 0 Å². The third-order valence-electron chi connectivity index (χ3n) is 1.95. The molecule has 0 aromatic rings. The van der Waals surface area contributed by atoms with E-state index in [0.29, 0.717) is 0 Å². The Kier molecular flexibility index (Phi) is 3.62. The van der Waals surface area contributed by atoms with Gasteiger partial charge < -0.3 is 0 Å². The molecule has 1 saturated carbocycles. The van der Waals surface area contributed by atoms with Crippen LogP contribution in [-0.4, -0.2) is 33.2 Å². The minimum Gasteiger partial charge on any atom is -0.288 e. The van der Waals surface area contributed by atoms with Crippen LogP contribution in [0.15, 0.2) is 0 Å². The Bertz CT molecular complexity index is 311. The van der Waals surface area contributed by atoms with Crippen molar-refractivity contribution >= 4 is 10.1 Å². The fraction of sp³-hybridized carbons (Fsp3) is 1.00. The average molecular weight is 248 g/mol. The third-order valence-corrected chi connectivity index (χ3v) is 2.57. The van der Waals surface area contributed by atoms with E-state index in [2.05, 4.69) is 8.92 Å². The van der Waals surface area contributed by atoms with Gasteiger partial charge in [-0.1, -0.05) is 0 Å². The van der Waals surface area contributed by atoms with Crippen molar-refractivity contribution in [2.24, 2.45) is 0 Å². The zero-order valence-electron chi connectivity index (χ0n) is 7.95. The molecule has 1 aliphatic rings. The minimum atomic E-state index is -4.68. The Morgan fingerprint density at radius 1 is 1.20 bits per heavy atom. The van der Waals surface area contributed by atoms with Crippen LogP contribution in [0.5, 0.6) is 0 Å². The molecule has 1 aliphatic carbocycles. The highest BCUT2D eigenvalue weighted by atomic mass is 32.2. The number of ether oxygens (including phenoxy) is 1. The smallest absolute Gasteiger partial charge is 0.288 e. The van der Waals surface area contributed by atoms with Gasteiger partial charge in [0, 0.05) is 6.42 Å². The summed E-state index contributed by atoms with van der Waals surface area (Å²) in [6, 6.07) is 0. The Hall–Kier alpha value is -0.340. The van der Waals surface area contributed by atoms with Crippen LogP contribution >= 0.6 is 0 Å². The zero-order chi connectivity index (χ0) is 11.7. The first-order valence-electron chi connectivity index (χ1n) is 4.28. The molecule has 0 amide bonds. The molecule has 2 atom stereocenters. The lowest BCUT2D eigenvalue weighted by atomic mass is 10.3. The van der Waals surface area contributed by atoms with E-state index in [1.165, 1.54) is 0 Å². The normalized spacial score (nSPS) is 28.3. The van der Waals surface area contributed by atoms with Crippen molar-refractivity contribution in [2.75, 3.05) is 6.26 Å². The number of halogens is 3. The van der Waals surface area contributed by atoms with Gasteiger partial charge in [-0.05, 0) is 12.8 Å². The first kappa shape index (κ1) is 12.7. The molecular weight excluding hydrogens is 237 g/mol. The molecular formula is C7H11F3O4S.